The van der Waals surface area contributed by atoms with Gasteiger partial charge in [-0.3, -0.25) is 9.59 Å². The standard InChI is InChI=1S/C22H20N2O2/c25-21(19-6-3-7-20(13-19)24-22(26)17-10-11-17)23-14-15-8-9-16-4-1-2-5-18(16)12-15/h1-9,12-13,17H,10-11,14H2,(H,23,25)(H,24,26). The molecule has 0 spiro atoms. The van der Waals surface area contributed by atoms with E-state index in [0.29, 0.717) is 17.8 Å². The predicted molar refractivity (Wildman–Crippen MR) is 103 cm³/mol. The first-order valence-corrected chi connectivity index (χ1v) is 8.86. The number of rotatable bonds is 5. The summed E-state index contributed by atoms with van der Waals surface area (Å²) in [5.41, 5.74) is 2.26. The van der Waals surface area contributed by atoms with Gasteiger partial charge in [-0.15, -0.1) is 0 Å². The summed E-state index contributed by atoms with van der Waals surface area (Å²) < 4.78 is 0. The third-order valence-electron chi connectivity index (χ3n) is 4.61. The number of fused-ring (bicyclic) bond motifs is 1. The summed E-state index contributed by atoms with van der Waals surface area (Å²) in [6, 6.07) is 21.4. The van der Waals surface area contributed by atoms with E-state index < -0.39 is 0 Å². The summed E-state index contributed by atoms with van der Waals surface area (Å²) in [7, 11) is 0. The summed E-state index contributed by atoms with van der Waals surface area (Å²) in [6.45, 7) is 0.461. The van der Waals surface area contributed by atoms with Crippen LogP contribution in [0.1, 0.15) is 28.8 Å². The van der Waals surface area contributed by atoms with Crippen molar-refractivity contribution in [2.24, 2.45) is 5.92 Å². The third kappa shape index (κ3) is 3.75. The van der Waals surface area contributed by atoms with Crippen LogP contribution in [0.4, 0.5) is 5.69 Å². The minimum Gasteiger partial charge on any atom is -0.348 e. The molecule has 4 heteroatoms. The maximum Gasteiger partial charge on any atom is 0.251 e. The zero-order valence-corrected chi connectivity index (χ0v) is 14.4. The van der Waals surface area contributed by atoms with E-state index in [4.69, 9.17) is 0 Å². The lowest BCUT2D eigenvalue weighted by Gasteiger charge is -2.09. The van der Waals surface area contributed by atoms with Gasteiger partial charge in [0.2, 0.25) is 5.91 Å². The molecule has 2 N–H and O–H groups in total. The molecule has 1 aliphatic rings. The summed E-state index contributed by atoms with van der Waals surface area (Å²) >= 11 is 0. The number of benzene rings is 3. The zero-order chi connectivity index (χ0) is 17.9. The summed E-state index contributed by atoms with van der Waals surface area (Å²) in [5, 5.41) is 8.16. The van der Waals surface area contributed by atoms with Crippen LogP contribution in [-0.4, -0.2) is 11.8 Å². The van der Waals surface area contributed by atoms with Crippen molar-refractivity contribution < 1.29 is 9.59 Å². The Bertz CT molecular complexity index is 977. The van der Waals surface area contributed by atoms with Gasteiger partial charge in [-0.2, -0.15) is 0 Å². The average Bonchev–Trinajstić information content (AvgIpc) is 3.51. The van der Waals surface area contributed by atoms with E-state index in [-0.39, 0.29) is 17.7 Å². The molecule has 4 rings (SSSR count). The molecule has 0 heterocycles. The minimum absolute atomic E-state index is 0.0405. The molecule has 2 amide bonds. The van der Waals surface area contributed by atoms with Crippen LogP contribution in [0.3, 0.4) is 0 Å². The highest BCUT2D eigenvalue weighted by Gasteiger charge is 2.29. The molecule has 26 heavy (non-hydrogen) atoms. The molecule has 0 aromatic heterocycles. The molecule has 0 unspecified atom stereocenters. The van der Waals surface area contributed by atoms with E-state index in [2.05, 4.69) is 34.9 Å². The molecule has 0 atom stereocenters. The molecular weight excluding hydrogens is 324 g/mol. The molecule has 0 saturated heterocycles. The van der Waals surface area contributed by atoms with Gasteiger partial charge in [-0.05, 0) is 53.4 Å². The quantitative estimate of drug-likeness (QED) is 0.731. The minimum atomic E-state index is -0.152. The van der Waals surface area contributed by atoms with Crippen molar-refractivity contribution >= 4 is 28.3 Å². The van der Waals surface area contributed by atoms with Crippen molar-refractivity contribution in [3.63, 3.8) is 0 Å². The number of carbonyl (C=O) groups is 2. The summed E-state index contributed by atoms with van der Waals surface area (Å²) in [4.78, 5) is 24.3. The number of hydrogen-bond acceptors (Lipinski definition) is 2. The van der Waals surface area contributed by atoms with E-state index >= 15 is 0 Å². The maximum atomic E-state index is 12.4. The molecule has 3 aromatic carbocycles. The first-order chi connectivity index (χ1) is 12.7. The largest absolute Gasteiger partial charge is 0.348 e. The van der Waals surface area contributed by atoms with Crippen LogP contribution in [0, 0.1) is 5.92 Å². The summed E-state index contributed by atoms with van der Waals surface area (Å²) in [6.07, 6.45) is 1.91. The van der Waals surface area contributed by atoms with Gasteiger partial charge in [0.25, 0.3) is 5.91 Å². The normalized spacial score (nSPS) is 13.4. The van der Waals surface area contributed by atoms with Gasteiger partial charge < -0.3 is 10.6 Å². The van der Waals surface area contributed by atoms with Crippen molar-refractivity contribution in [3.8, 4) is 0 Å². The van der Waals surface area contributed by atoms with Crippen molar-refractivity contribution in [1.82, 2.24) is 5.32 Å². The fourth-order valence-corrected chi connectivity index (χ4v) is 2.96. The highest BCUT2D eigenvalue weighted by Crippen LogP contribution is 2.30. The molecule has 0 radical (unpaired) electrons. The van der Waals surface area contributed by atoms with Crippen molar-refractivity contribution in [3.05, 3.63) is 77.9 Å². The maximum absolute atomic E-state index is 12.4. The number of carbonyl (C=O) groups excluding carboxylic acids is 2. The third-order valence-corrected chi connectivity index (χ3v) is 4.61. The topological polar surface area (TPSA) is 58.2 Å². The van der Waals surface area contributed by atoms with Gasteiger partial charge in [0, 0.05) is 23.7 Å². The van der Waals surface area contributed by atoms with E-state index in [0.717, 1.165) is 23.8 Å². The van der Waals surface area contributed by atoms with Crippen LogP contribution in [0.2, 0.25) is 0 Å². The van der Waals surface area contributed by atoms with Gasteiger partial charge in [-0.1, -0.05) is 42.5 Å². The Balaban J connectivity index is 1.41. The number of nitrogens with one attached hydrogen (secondary N) is 2. The molecule has 1 fully saturated rings. The Morgan fingerprint density at radius 2 is 1.69 bits per heavy atom. The molecular formula is C22H20N2O2. The lowest BCUT2D eigenvalue weighted by molar-refractivity contribution is -0.117. The highest BCUT2D eigenvalue weighted by atomic mass is 16.2. The van der Waals surface area contributed by atoms with Crippen molar-refractivity contribution in [1.29, 1.82) is 0 Å². The Labute approximate surface area is 152 Å². The molecule has 130 valence electrons. The molecule has 1 aliphatic carbocycles. The number of hydrogen-bond donors (Lipinski definition) is 2. The Hall–Kier alpha value is -3.14. The van der Waals surface area contributed by atoms with Gasteiger partial charge in [-0.25, -0.2) is 0 Å². The van der Waals surface area contributed by atoms with E-state index in [1.165, 1.54) is 5.39 Å². The Kier molecular flexibility index (Phi) is 4.40. The first-order valence-electron chi connectivity index (χ1n) is 8.86. The fraction of sp³-hybridized carbons (Fsp3) is 0.182. The second-order valence-electron chi connectivity index (χ2n) is 6.71. The van der Waals surface area contributed by atoms with E-state index in [1.54, 1.807) is 24.3 Å². The second-order valence-corrected chi connectivity index (χ2v) is 6.71. The molecule has 0 aliphatic heterocycles. The highest BCUT2D eigenvalue weighted by molar-refractivity contribution is 5.98. The summed E-state index contributed by atoms with van der Waals surface area (Å²) in [5.74, 6) is 0.0276. The SMILES string of the molecule is O=C(NCc1ccc2ccccc2c1)c1cccc(NC(=O)C2CC2)c1. The zero-order valence-electron chi connectivity index (χ0n) is 14.4. The Morgan fingerprint density at radius 3 is 2.50 bits per heavy atom. The molecule has 3 aromatic rings. The molecule has 4 nitrogen and oxygen atoms in total. The van der Waals surface area contributed by atoms with Crippen LogP contribution in [0.5, 0.6) is 0 Å². The smallest absolute Gasteiger partial charge is 0.251 e. The van der Waals surface area contributed by atoms with Crippen LogP contribution in [0.25, 0.3) is 10.8 Å². The van der Waals surface area contributed by atoms with Gasteiger partial charge in [0.05, 0.1) is 0 Å². The van der Waals surface area contributed by atoms with Gasteiger partial charge in [0.1, 0.15) is 0 Å². The van der Waals surface area contributed by atoms with Crippen LogP contribution < -0.4 is 10.6 Å². The van der Waals surface area contributed by atoms with E-state index in [9.17, 15) is 9.59 Å². The van der Waals surface area contributed by atoms with Gasteiger partial charge in [0.15, 0.2) is 0 Å². The van der Waals surface area contributed by atoms with Crippen LogP contribution in [-0.2, 0) is 11.3 Å². The fourth-order valence-electron chi connectivity index (χ4n) is 2.96. The lowest BCUT2D eigenvalue weighted by atomic mass is 10.1. The van der Waals surface area contributed by atoms with Crippen molar-refractivity contribution in [2.45, 2.75) is 19.4 Å². The van der Waals surface area contributed by atoms with Crippen LogP contribution >= 0.6 is 0 Å². The first kappa shape index (κ1) is 16.3. The van der Waals surface area contributed by atoms with Crippen LogP contribution in [0.15, 0.2) is 66.7 Å². The van der Waals surface area contributed by atoms with E-state index in [1.807, 2.05) is 18.2 Å². The second kappa shape index (κ2) is 7.00. The average molecular weight is 344 g/mol. The van der Waals surface area contributed by atoms with Crippen molar-refractivity contribution in [2.75, 3.05) is 5.32 Å². The lowest BCUT2D eigenvalue weighted by Crippen LogP contribution is -2.23. The Morgan fingerprint density at radius 1 is 0.885 bits per heavy atom. The monoisotopic (exact) mass is 344 g/mol. The number of anilines is 1. The predicted octanol–water partition coefficient (Wildman–Crippen LogP) is 4.12. The molecule has 0 bridgehead atoms. The van der Waals surface area contributed by atoms with Gasteiger partial charge >= 0.3 is 0 Å². The number of amides is 2. The molecule has 1 saturated carbocycles.